The summed E-state index contributed by atoms with van der Waals surface area (Å²) in [6.45, 7) is 7.36. The van der Waals surface area contributed by atoms with Gasteiger partial charge in [-0.1, -0.05) is 6.92 Å². The number of amides is 1. The Morgan fingerprint density at radius 3 is 2.60 bits per heavy atom. The van der Waals surface area contributed by atoms with Gasteiger partial charge in [-0.3, -0.25) is 4.79 Å². The average molecular weight is 272 g/mol. The molecule has 0 atom stereocenters. The highest BCUT2D eigenvalue weighted by Gasteiger charge is 2.06. The molecule has 0 saturated heterocycles. The number of rotatable bonds is 5. The maximum atomic E-state index is 11.0. The molecule has 0 aliphatic carbocycles. The Bertz CT molecular complexity index is 586. The fraction of sp³-hybridized carbons (Fsp3) is 0.333. The van der Waals surface area contributed by atoms with Gasteiger partial charge < -0.3 is 10.6 Å². The Morgan fingerprint density at radius 1 is 1.30 bits per heavy atom. The highest BCUT2D eigenvalue weighted by atomic mass is 16.1. The second kappa shape index (κ2) is 6.34. The van der Waals surface area contributed by atoms with Gasteiger partial charge in [0.25, 0.3) is 0 Å². The van der Waals surface area contributed by atoms with Crippen molar-refractivity contribution >= 4 is 11.6 Å². The summed E-state index contributed by atoms with van der Waals surface area (Å²) in [6, 6.07) is 7.62. The molecule has 1 heterocycles. The summed E-state index contributed by atoms with van der Waals surface area (Å²) in [5, 5.41) is 10.6. The molecule has 106 valence electrons. The van der Waals surface area contributed by atoms with Gasteiger partial charge in [-0.25, -0.2) is 4.68 Å². The largest absolute Gasteiger partial charge is 0.326 e. The minimum absolute atomic E-state index is 0.0689. The van der Waals surface area contributed by atoms with Crippen molar-refractivity contribution in [2.75, 3.05) is 11.9 Å². The molecule has 2 rings (SSSR count). The first-order valence-electron chi connectivity index (χ1n) is 6.74. The van der Waals surface area contributed by atoms with E-state index in [1.165, 1.54) is 12.5 Å². The van der Waals surface area contributed by atoms with Crippen LogP contribution in [0.5, 0.6) is 0 Å². The summed E-state index contributed by atoms with van der Waals surface area (Å²) in [7, 11) is 0. The molecule has 1 aromatic carbocycles. The Hall–Kier alpha value is -2.14. The Balaban J connectivity index is 2.17. The van der Waals surface area contributed by atoms with E-state index in [2.05, 4.69) is 22.7 Å². The number of carbonyl (C=O) groups is 1. The topological polar surface area (TPSA) is 59.0 Å². The Labute approximate surface area is 119 Å². The molecule has 0 fully saturated rings. The fourth-order valence-electron chi connectivity index (χ4n) is 1.96. The molecular weight excluding hydrogens is 252 g/mol. The lowest BCUT2D eigenvalue weighted by Gasteiger charge is -2.04. The molecule has 1 aromatic heterocycles. The number of anilines is 1. The smallest absolute Gasteiger partial charge is 0.221 e. The third-order valence-corrected chi connectivity index (χ3v) is 3.02. The van der Waals surface area contributed by atoms with Crippen LogP contribution in [0.3, 0.4) is 0 Å². The summed E-state index contributed by atoms with van der Waals surface area (Å²) < 4.78 is 1.86. The number of carbonyl (C=O) groups excluding carboxylic acids is 1. The van der Waals surface area contributed by atoms with Crippen molar-refractivity contribution in [1.29, 1.82) is 0 Å². The zero-order valence-corrected chi connectivity index (χ0v) is 12.1. The Morgan fingerprint density at radius 2 is 2.00 bits per heavy atom. The zero-order chi connectivity index (χ0) is 14.5. The van der Waals surface area contributed by atoms with Gasteiger partial charge in [-0.05, 0) is 37.7 Å². The first kappa shape index (κ1) is 14.3. The van der Waals surface area contributed by atoms with Crippen molar-refractivity contribution in [2.24, 2.45) is 0 Å². The molecule has 0 radical (unpaired) electrons. The van der Waals surface area contributed by atoms with Crippen molar-refractivity contribution in [3.8, 4) is 5.69 Å². The second-order valence-electron chi connectivity index (χ2n) is 4.69. The molecule has 2 N–H and O–H groups in total. The third-order valence-electron chi connectivity index (χ3n) is 3.02. The minimum Gasteiger partial charge on any atom is -0.326 e. The van der Waals surface area contributed by atoms with Gasteiger partial charge in [0.15, 0.2) is 0 Å². The van der Waals surface area contributed by atoms with Gasteiger partial charge in [0.05, 0.1) is 11.4 Å². The van der Waals surface area contributed by atoms with Crippen molar-refractivity contribution < 1.29 is 4.79 Å². The van der Waals surface area contributed by atoms with Crippen LogP contribution in [0, 0.1) is 6.92 Å². The van der Waals surface area contributed by atoms with E-state index in [1.54, 1.807) is 0 Å². The van der Waals surface area contributed by atoms with Crippen LogP contribution in [0.25, 0.3) is 5.69 Å². The summed E-state index contributed by atoms with van der Waals surface area (Å²) >= 11 is 0. The minimum atomic E-state index is -0.0689. The molecule has 2 aromatic rings. The second-order valence-corrected chi connectivity index (χ2v) is 4.69. The van der Waals surface area contributed by atoms with Crippen LogP contribution in [0.1, 0.15) is 25.1 Å². The number of nitrogens with zero attached hydrogens (tertiary/aromatic N) is 2. The number of benzene rings is 1. The van der Waals surface area contributed by atoms with E-state index in [0.29, 0.717) is 0 Å². The lowest BCUT2D eigenvalue weighted by Crippen LogP contribution is -2.11. The van der Waals surface area contributed by atoms with Crippen LogP contribution in [-0.4, -0.2) is 22.2 Å². The number of aryl methyl sites for hydroxylation is 1. The lowest BCUT2D eigenvalue weighted by molar-refractivity contribution is -0.114. The van der Waals surface area contributed by atoms with Crippen molar-refractivity contribution in [3.63, 3.8) is 0 Å². The van der Waals surface area contributed by atoms with Crippen molar-refractivity contribution in [3.05, 3.63) is 41.7 Å². The quantitative estimate of drug-likeness (QED) is 0.877. The normalized spacial score (nSPS) is 10.6. The molecule has 5 heteroatoms. The zero-order valence-electron chi connectivity index (χ0n) is 12.1. The molecule has 1 amide bonds. The lowest BCUT2D eigenvalue weighted by atomic mass is 10.2. The molecule has 0 bridgehead atoms. The molecule has 0 aliphatic rings. The molecule has 0 unspecified atom stereocenters. The van der Waals surface area contributed by atoms with E-state index in [0.717, 1.165) is 30.2 Å². The molecule has 0 aliphatic heterocycles. The SMILES string of the molecule is CCNCc1cn(-c2ccc(NC(C)=O)cc2)nc1C. The van der Waals surface area contributed by atoms with Crippen LogP contribution in [0.4, 0.5) is 5.69 Å². The predicted molar refractivity (Wildman–Crippen MR) is 80.0 cm³/mol. The van der Waals surface area contributed by atoms with Crippen LogP contribution >= 0.6 is 0 Å². The summed E-state index contributed by atoms with van der Waals surface area (Å²) in [6.07, 6.45) is 2.03. The number of aromatic nitrogens is 2. The van der Waals surface area contributed by atoms with E-state index < -0.39 is 0 Å². The maximum absolute atomic E-state index is 11.0. The van der Waals surface area contributed by atoms with Crippen LogP contribution in [0.2, 0.25) is 0 Å². The van der Waals surface area contributed by atoms with Gasteiger partial charge in [-0.15, -0.1) is 0 Å². The maximum Gasteiger partial charge on any atom is 0.221 e. The van der Waals surface area contributed by atoms with Crippen LogP contribution < -0.4 is 10.6 Å². The summed E-state index contributed by atoms with van der Waals surface area (Å²) in [5.74, 6) is -0.0689. The fourth-order valence-corrected chi connectivity index (χ4v) is 1.96. The number of hydrogen-bond acceptors (Lipinski definition) is 3. The van der Waals surface area contributed by atoms with Gasteiger partial charge in [0.2, 0.25) is 5.91 Å². The standard InChI is InChI=1S/C15H20N4O/c1-4-16-9-13-10-19(18-11(13)2)15-7-5-14(6-8-15)17-12(3)20/h5-8,10,16H,4,9H2,1-3H3,(H,17,20). The van der Waals surface area contributed by atoms with Gasteiger partial charge in [0.1, 0.15) is 0 Å². The monoisotopic (exact) mass is 272 g/mol. The van der Waals surface area contributed by atoms with Crippen LogP contribution in [-0.2, 0) is 11.3 Å². The van der Waals surface area contributed by atoms with E-state index in [1.807, 2.05) is 42.1 Å². The molecule has 0 spiro atoms. The van der Waals surface area contributed by atoms with Crippen molar-refractivity contribution in [1.82, 2.24) is 15.1 Å². The average Bonchev–Trinajstić information content (AvgIpc) is 2.78. The van der Waals surface area contributed by atoms with E-state index >= 15 is 0 Å². The number of hydrogen-bond donors (Lipinski definition) is 2. The van der Waals surface area contributed by atoms with Crippen LogP contribution in [0.15, 0.2) is 30.5 Å². The van der Waals surface area contributed by atoms with Gasteiger partial charge >= 0.3 is 0 Å². The first-order chi connectivity index (χ1) is 9.60. The summed E-state index contributed by atoms with van der Waals surface area (Å²) in [4.78, 5) is 11.0. The van der Waals surface area contributed by atoms with Gasteiger partial charge in [-0.2, -0.15) is 5.10 Å². The Kier molecular flexibility index (Phi) is 4.53. The first-order valence-corrected chi connectivity index (χ1v) is 6.74. The van der Waals surface area contributed by atoms with E-state index in [-0.39, 0.29) is 5.91 Å². The highest BCUT2D eigenvalue weighted by molar-refractivity contribution is 5.88. The molecular formula is C15H20N4O. The van der Waals surface area contributed by atoms with Gasteiger partial charge in [0, 0.05) is 30.9 Å². The van der Waals surface area contributed by atoms with E-state index in [9.17, 15) is 4.79 Å². The predicted octanol–water partition coefficient (Wildman–Crippen LogP) is 2.25. The third kappa shape index (κ3) is 3.45. The molecule has 5 nitrogen and oxygen atoms in total. The highest BCUT2D eigenvalue weighted by Crippen LogP contribution is 2.15. The molecule has 0 saturated carbocycles. The summed E-state index contributed by atoms with van der Waals surface area (Å²) in [5.41, 5.74) is 3.98. The van der Waals surface area contributed by atoms with Crippen molar-refractivity contribution in [2.45, 2.75) is 27.3 Å². The number of nitrogens with one attached hydrogen (secondary N) is 2. The van der Waals surface area contributed by atoms with E-state index in [4.69, 9.17) is 0 Å². The molecule has 20 heavy (non-hydrogen) atoms.